The molecule has 0 N–H and O–H groups in total. The van der Waals surface area contributed by atoms with E-state index < -0.39 is 19.6 Å². The van der Waals surface area contributed by atoms with Gasteiger partial charge >= 0.3 is 150 Å². The van der Waals surface area contributed by atoms with Crippen molar-refractivity contribution in [2.24, 2.45) is 0 Å². The van der Waals surface area contributed by atoms with Crippen LogP contribution in [0.3, 0.4) is 0 Å². The summed E-state index contributed by atoms with van der Waals surface area (Å²) in [5.74, 6) is -2.04. The summed E-state index contributed by atoms with van der Waals surface area (Å²) < 4.78 is 42.1. The zero-order valence-electron chi connectivity index (χ0n) is 15.3. The van der Waals surface area contributed by atoms with Crippen LogP contribution in [0, 0.1) is 0 Å². The zero-order chi connectivity index (χ0) is 19.2. The number of alkyl halides is 3. The van der Waals surface area contributed by atoms with E-state index in [1.807, 2.05) is 47.6 Å². The van der Waals surface area contributed by atoms with Crippen molar-refractivity contribution >= 4 is 13.5 Å². The van der Waals surface area contributed by atoms with Crippen LogP contribution in [-0.4, -0.2) is 29.1 Å². The summed E-state index contributed by atoms with van der Waals surface area (Å²) >= 11 is 3.11. The molecular weight excluding hydrogens is 419 g/mol. The topological polar surface area (TPSA) is 26.3 Å². The number of rotatable bonds is 5. The Bertz CT molecular complexity index is 364. The molecule has 0 rings (SSSR count). The predicted octanol–water partition coefficient (Wildman–Crippen LogP) is 5.90. The molecule has 0 amide bonds. The van der Waals surface area contributed by atoms with Crippen LogP contribution in [0.5, 0.6) is 0 Å². The van der Waals surface area contributed by atoms with Crippen LogP contribution in [0.15, 0.2) is 12.7 Å². The van der Waals surface area contributed by atoms with E-state index in [4.69, 9.17) is 4.52 Å². The number of hydrogen-bond donors (Lipinski definition) is 0. The number of hydrogen-bond acceptors (Lipinski definition) is 2. The summed E-state index contributed by atoms with van der Waals surface area (Å²) in [6.07, 6.45) is -3.03. The third kappa shape index (κ3) is 8.66. The molecular formula is C16H31F3O2PPd. The van der Waals surface area contributed by atoms with E-state index in [1.54, 1.807) is 0 Å². The number of allylic oxidation sites excluding steroid dienone is 1. The average Bonchev–Trinajstić information content (AvgIpc) is 2.32. The van der Waals surface area contributed by atoms with Gasteiger partial charge in [-0.1, -0.05) is 0 Å². The van der Waals surface area contributed by atoms with Gasteiger partial charge in [-0.3, -0.25) is 0 Å². The molecule has 7 heteroatoms. The van der Waals surface area contributed by atoms with Crippen LogP contribution in [0.2, 0.25) is 3.89 Å². The Labute approximate surface area is 150 Å². The number of carbonyl (C=O) groups excluding carboxylic acids is 1. The fourth-order valence-corrected chi connectivity index (χ4v) is 7.72. The number of carbonyl (C=O) groups is 1. The van der Waals surface area contributed by atoms with Gasteiger partial charge in [0.25, 0.3) is 0 Å². The van der Waals surface area contributed by atoms with Gasteiger partial charge in [-0.2, -0.15) is 0 Å². The summed E-state index contributed by atoms with van der Waals surface area (Å²) in [7, 11) is -2.77. The fourth-order valence-electron chi connectivity index (χ4n) is 2.57. The van der Waals surface area contributed by atoms with Gasteiger partial charge in [-0.15, -0.1) is 0 Å². The second kappa shape index (κ2) is 9.54. The Morgan fingerprint density at radius 2 is 1.30 bits per heavy atom. The minimum absolute atomic E-state index is 0.0474. The first-order valence-corrected chi connectivity index (χ1v) is 10.5. The van der Waals surface area contributed by atoms with E-state index in [-0.39, 0.29) is 20.9 Å². The molecule has 0 aromatic carbocycles. The molecule has 0 radical (unpaired) electrons. The first-order valence-electron chi connectivity index (χ1n) is 7.61. The normalized spacial score (nSPS) is 13.7. The van der Waals surface area contributed by atoms with Crippen molar-refractivity contribution in [3.8, 4) is 0 Å². The average molecular weight is 450 g/mol. The van der Waals surface area contributed by atoms with Crippen molar-refractivity contribution in [2.75, 3.05) is 0 Å². The van der Waals surface area contributed by atoms with Gasteiger partial charge < -0.3 is 0 Å². The first kappa shape index (κ1) is 25.3. The molecule has 0 aliphatic rings. The van der Waals surface area contributed by atoms with Crippen molar-refractivity contribution in [2.45, 2.75) is 82.4 Å². The van der Waals surface area contributed by atoms with Crippen LogP contribution < -0.4 is 0 Å². The quantitative estimate of drug-likeness (QED) is 0.297. The van der Waals surface area contributed by atoms with E-state index in [1.165, 1.54) is 0 Å². The van der Waals surface area contributed by atoms with Crippen molar-refractivity contribution in [1.82, 2.24) is 0 Å². The minimum atomic E-state index is -4.91. The van der Waals surface area contributed by atoms with Gasteiger partial charge in [0.15, 0.2) is 0 Å². The number of halogens is 3. The first-order chi connectivity index (χ1) is 10.0. The molecule has 0 aromatic heterocycles. The molecule has 0 aromatic rings. The third-order valence-electron chi connectivity index (χ3n) is 3.68. The van der Waals surface area contributed by atoms with Gasteiger partial charge in [0.1, 0.15) is 0 Å². The molecule has 0 heterocycles. The molecule has 0 fully saturated rings. The zero-order valence-corrected chi connectivity index (χ0v) is 17.8. The van der Waals surface area contributed by atoms with Gasteiger partial charge in [-0.25, -0.2) is 0 Å². The standard InChI is InChI=1S/C11H22F3O2P.C5H9.Pd/c1-7(2)17(8(3)4,9(5)6)16-10(15)11(12,13)14;1-4-5(2)3;/h7-9,17H,1-6H3;4H,1H2,2-3H3;. The molecule has 0 bridgehead atoms. The maximum atomic E-state index is 12.3. The summed E-state index contributed by atoms with van der Waals surface area (Å²) in [4.78, 5) is 11.1. The fraction of sp³-hybridized carbons (Fsp3) is 0.812. The second-order valence-corrected chi connectivity index (χ2v) is 14.3. The molecule has 0 atom stereocenters. The summed E-state index contributed by atoms with van der Waals surface area (Å²) in [5.41, 5.74) is -0.142. The predicted molar refractivity (Wildman–Crippen MR) is 90.1 cm³/mol. The SMILES string of the molecule is C=C[C](C)(C)[Pd].CC(C)[PH](OC(=O)C(F)(F)F)(C(C)C)C(C)C. The van der Waals surface area contributed by atoms with Crippen LogP contribution in [0.25, 0.3) is 0 Å². The molecule has 0 unspecified atom stereocenters. The van der Waals surface area contributed by atoms with E-state index in [2.05, 4.69) is 39.6 Å². The monoisotopic (exact) mass is 449 g/mol. The van der Waals surface area contributed by atoms with Crippen molar-refractivity contribution in [3.05, 3.63) is 12.7 Å². The van der Waals surface area contributed by atoms with Gasteiger partial charge in [0.2, 0.25) is 0 Å². The Balaban J connectivity index is 0. The van der Waals surface area contributed by atoms with Crippen LogP contribution in [0.1, 0.15) is 55.4 Å². The van der Waals surface area contributed by atoms with Crippen molar-refractivity contribution in [1.29, 1.82) is 0 Å². The Hall–Kier alpha value is 0.0923. The Kier molecular flexibility index (Phi) is 10.5. The van der Waals surface area contributed by atoms with Crippen LogP contribution in [-0.2, 0) is 28.5 Å². The Morgan fingerprint density at radius 1 is 1.04 bits per heavy atom. The third-order valence-corrected chi connectivity index (χ3v) is 9.95. The second-order valence-electron chi connectivity index (χ2n) is 6.89. The molecule has 143 valence electrons. The Morgan fingerprint density at radius 3 is 1.43 bits per heavy atom. The van der Waals surface area contributed by atoms with Gasteiger partial charge in [0.05, 0.1) is 0 Å². The van der Waals surface area contributed by atoms with Gasteiger partial charge in [0, 0.05) is 0 Å². The van der Waals surface area contributed by atoms with Crippen molar-refractivity contribution < 1.29 is 41.7 Å². The molecule has 2 nitrogen and oxygen atoms in total. The summed E-state index contributed by atoms with van der Waals surface area (Å²) in [5, 5.41) is 0. The molecule has 0 saturated heterocycles. The molecule has 0 aliphatic carbocycles. The van der Waals surface area contributed by atoms with Gasteiger partial charge in [-0.05, 0) is 0 Å². The van der Waals surface area contributed by atoms with Crippen molar-refractivity contribution in [3.63, 3.8) is 0 Å². The maximum absolute atomic E-state index is 12.3. The molecule has 0 spiro atoms. The summed E-state index contributed by atoms with van der Waals surface area (Å²) in [6, 6.07) is 0. The van der Waals surface area contributed by atoms with Crippen LogP contribution >= 0.6 is 7.49 Å². The van der Waals surface area contributed by atoms with E-state index in [9.17, 15) is 18.0 Å². The summed E-state index contributed by atoms with van der Waals surface area (Å²) in [6.45, 7) is 18.7. The van der Waals surface area contributed by atoms with E-state index in [0.29, 0.717) is 0 Å². The van der Waals surface area contributed by atoms with E-state index in [0.717, 1.165) is 0 Å². The molecule has 0 aliphatic heterocycles. The molecule has 0 saturated carbocycles. The van der Waals surface area contributed by atoms with E-state index >= 15 is 0 Å². The van der Waals surface area contributed by atoms with Crippen LogP contribution in [0.4, 0.5) is 13.2 Å². The molecule has 23 heavy (non-hydrogen) atoms.